The van der Waals surface area contributed by atoms with Gasteiger partial charge in [-0.15, -0.1) is 0 Å². The van der Waals surface area contributed by atoms with E-state index in [9.17, 15) is 0 Å². The average Bonchev–Trinajstić information content (AvgIpc) is 2.26. The van der Waals surface area contributed by atoms with Gasteiger partial charge in [0.15, 0.2) is 0 Å². The minimum absolute atomic E-state index is 0.547. The van der Waals surface area contributed by atoms with Crippen LogP contribution in [0.15, 0.2) is 28.7 Å². The van der Waals surface area contributed by atoms with Gasteiger partial charge in [-0.2, -0.15) is 11.8 Å². The van der Waals surface area contributed by atoms with E-state index >= 15 is 0 Å². The lowest BCUT2D eigenvalue weighted by Crippen LogP contribution is -2.30. The summed E-state index contributed by atoms with van der Waals surface area (Å²) in [5.74, 6) is 1.16. The van der Waals surface area contributed by atoms with Crippen LogP contribution in [0, 0.1) is 0 Å². The highest BCUT2D eigenvalue weighted by atomic mass is 79.9. The van der Waals surface area contributed by atoms with Crippen molar-refractivity contribution < 1.29 is 0 Å². The van der Waals surface area contributed by atoms with Gasteiger partial charge in [0.1, 0.15) is 0 Å². The van der Waals surface area contributed by atoms with Gasteiger partial charge in [-0.25, -0.2) is 0 Å². The summed E-state index contributed by atoms with van der Waals surface area (Å²) in [5.41, 5.74) is 1.38. The zero-order valence-corrected chi connectivity index (χ0v) is 12.6. The molecule has 3 heteroatoms. The molecule has 0 saturated carbocycles. The van der Waals surface area contributed by atoms with Crippen LogP contribution >= 0.6 is 27.7 Å². The summed E-state index contributed by atoms with van der Waals surface area (Å²) >= 11 is 5.61. The van der Waals surface area contributed by atoms with Crippen molar-refractivity contribution in [3.63, 3.8) is 0 Å². The maximum Gasteiger partial charge on any atom is 0.0207 e. The van der Waals surface area contributed by atoms with E-state index in [0.717, 1.165) is 12.2 Å². The Morgan fingerprint density at radius 3 is 2.56 bits per heavy atom. The summed E-state index contributed by atoms with van der Waals surface area (Å²) in [4.78, 5) is 0. The second kappa shape index (κ2) is 7.36. The van der Waals surface area contributed by atoms with Crippen molar-refractivity contribution in [2.45, 2.75) is 31.6 Å². The highest BCUT2D eigenvalue weighted by molar-refractivity contribution is 9.10. The lowest BCUT2D eigenvalue weighted by atomic mass is 10.1. The molecule has 16 heavy (non-hydrogen) atoms. The molecule has 0 aliphatic rings. The van der Waals surface area contributed by atoms with Crippen LogP contribution in [0.5, 0.6) is 0 Å². The fourth-order valence-corrected chi connectivity index (χ4v) is 2.83. The van der Waals surface area contributed by atoms with Crippen molar-refractivity contribution in [2.24, 2.45) is 0 Å². The molecule has 0 aliphatic heterocycles. The second-order valence-electron chi connectivity index (χ2n) is 4.16. The first-order valence-corrected chi connectivity index (χ1v) is 7.50. The maximum absolute atomic E-state index is 3.60. The lowest BCUT2D eigenvalue weighted by molar-refractivity contribution is 0.615. The Morgan fingerprint density at radius 2 is 2.00 bits per heavy atom. The van der Waals surface area contributed by atoms with Gasteiger partial charge >= 0.3 is 0 Å². The first-order valence-electron chi connectivity index (χ1n) is 5.65. The highest BCUT2D eigenvalue weighted by Gasteiger charge is 2.10. The number of nitrogens with one attached hydrogen (secondary N) is 1. The van der Waals surface area contributed by atoms with Gasteiger partial charge in [-0.05, 0) is 30.3 Å². The number of benzene rings is 1. The van der Waals surface area contributed by atoms with Gasteiger partial charge in [0.2, 0.25) is 0 Å². The Morgan fingerprint density at radius 1 is 1.31 bits per heavy atom. The fourth-order valence-electron chi connectivity index (χ4n) is 1.48. The Bertz CT molecular complexity index is 315. The molecule has 1 atom stereocenters. The molecule has 0 aromatic heterocycles. The molecular formula is C13H20BrNS. The molecule has 1 nitrogen and oxygen atoms in total. The van der Waals surface area contributed by atoms with Crippen molar-refractivity contribution >= 4 is 27.7 Å². The predicted molar refractivity (Wildman–Crippen MR) is 78.3 cm³/mol. The summed E-state index contributed by atoms with van der Waals surface area (Å²) in [6.07, 6.45) is 1.08. The topological polar surface area (TPSA) is 12.0 Å². The summed E-state index contributed by atoms with van der Waals surface area (Å²) in [7, 11) is 2.04. The highest BCUT2D eigenvalue weighted by Crippen LogP contribution is 2.19. The molecule has 1 aromatic carbocycles. The third-order valence-corrected chi connectivity index (χ3v) is 4.50. The molecule has 90 valence electrons. The van der Waals surface area contributed by atoms with Gasteiger partial charge in [0.25, 0.3) is 0 Å². The van der Waals surface area contributed by atoms with Crippen LogP contribution in [0.4, 0.5) is 0 Å². The zero-order valence-electron chi connectivity index (χ0n) is 10.2. The normalized spacial score (nSPS) is 13.1. The van der Waals surface area contributed by atoms with E-state index in [1.54, 1.807) is 0 Å². The minimum Gasteiger partial charge on any atom is -0.316 e. The molecule has 0 aliphatic carbocycles. The SMILES string of the molecule is CNC(CSC(C)C)Cc1ccccc1Br. The predicted octanol–water partition coefficient (Wildman–Crippen LogP) is 3.72. The molecule has 1 N–H and O–H groups in total. The Kier molecular flexibility index (Phi) is 6.47. The van der Waals surface area contributed by atoms with Crippen LogP contribution < -0.4 is 5.32 Å². The molecule has 0 spiro atoms. The number of halogens is 1. The number of thioether (sulfide) groups is 1. The number of likely N-dealkylation sites (N-methyl/N-ethyl adjacent to an activating group) is 1. The van der Waals surface area contributed by atoms with E-state index in [-0.39, 0.29) is 0 Å². The first kappa shape index (κ1) is 14.1. The monoisotopic (exact) mass is 301 g/mol. The molecule has 1 rings (SSSR count). The summed E-state index contributed by atoms with van der Waals surface area (Å²) in [6, 6.07) is 9.00. The largest absolute Gasteiger partial charge is 0.316 e. The molecule has 1 aromatic rings. The van der Waals surface area contributed by atoms with Gasteiger partial charge in [-0.1, -0.05) is 48.0 Å². The molecule has 1 unspecified atom stereocenters. The third-order valence-electron chi connectivity index (χ3n) is 2.46. The molecular weight excluding hydrogens is 282 g/mol. The van der Waals surface area contributed by atoms with Crippen LogP contribution in [-0.4, -0.2) is 24.1 Å². The first-order chi connectivity index (χ1) is 7.63. The minimum atomic E-state index is 0.547. The zero-order chi connectivity index (χ0) is 12.0. The Balaban J connectivity index is 2.53. The van der Waals surface area contributed by atoms with Gasteiger partial charge < -0.3 is 5.32 Å². The van der Waals surface area contributed by atoms with E-state index < -0.39 is 0 Å². The van der Waals surface area contributed by atoms with Crippen molar-refractivity contribution in [1.29, 1.82) is 0 Å². The number of hydrogen-bond acceptors (Lipinski definition) is 2. The van der Waals surface area contributed by atoms with E-state index in [4.69, 9.17) is 0 Å². The molecule has 0 heterocycles. The van der Waals surface area contributed by atoms with Crippen LogP contribution in [0.3, 0.4) is 0 Å². The van der Waals surface area contributed by atoms with Crippen molar-refractivity contribution in [2.75, 3.05) is 12.8 Å². The Labute approximate surface area is 112 Å². The van der Waals surface area contributed by atoms with E-state index in [2.05, 4.69) is 59.4 Å². The molecule has 0 saturated heterocycles. The van der Waals surface area contributed by atoms with Crippen molar-refractivity contribution in [1.82, 2.24) is 5.32 Å². The second-order valence-corrected chi connectivity index (χ2v) is 6.63. The van der Waals surface area contributed by atoms with Crippen LogP contribution in [0.25, 0.3) is 0 Å². The smallest absolute Gasteiger partial charge is 0.0207 e. The molecule has 0 amide bonds. The summed E-state index contributed by atoms with van der Waals surface area (Å²) in [5, 5.41) is 4.10. The molecule has 0 fully saturated rings. The van der Waals surface area contributed by atoms with Crippen LogP contribution in [0.2, 0.25) is 0 Å². The standard InChI is InChI=1S/C13H20BrNS/c1-10(2)16-9-12(15-3)8-11-6-4-5-7-13(11)14/h4-7,10,12,15H,8-9H2,1-3H3. The van der Waals surface area contributed by atoms with Crippen LogP contribution in [0.1, 0.15) is 19.4 Å². The summed E-state index contributed by atoms with van der Waals surface area (Å²) < 4.78 is 1.21. The van der Waals surface area contributed by atoms with E-state index in [1.165, 1.54) is 10.0 Å². The lowest BCUT2D eigenvalue weighted by Gasteiger charge is -2.17. The average molecular weight is 302 g/mol. The van der Waals surface area contributed by atoms with Crippen LogP contribution in [-0.2, 0) is 6.42 Å². The number of rotatable bonds is 6. The number of hydrogen-bond donors (Lipinski definition) is 1. The quantitative estimate of drug-likeness (QED) is 0.859. The van der Waals surface area contributed by atoms with Crippen molar-refractivity contribution in [3.8, 4) is 0 Å². The maximum atomic E-state index is 3.60. The van der Waals surface area contributed by atoms with Gasteiger partial charge in [0, 0.05) is 16.3 Å². The van der Waals surface area contributed by atoms with Crippen molar-refractivity contribution in [3.05, 3.63) is 34.3 Å². The summed E-state index contributed by atoms with van der Waals surface area (Å²) in [6.45, 7) is 4.49. The molecule has 0 radical (unpaired) electrons. The third kappa shape index (κ3) is 4.89. The van der Waals surface area contributed by atoms with E-state index in [0.29, 0.717) is 11.3 Å². The Hall–Kier alpha value is 0.01000. The van der Waals surface area contributed by atoms with E-state index in [1.807, 2.05) is 18.8 Å². The fraction of sp³-hybridized carbons (Fsp3) is 0.538. The van der Waals surface area contributed by atoms with Gasteiger partial charge in [-0.3, -0.25) is 0 Å². The van der Waals surface area contributed by atoms with Gasteiger partial charge in [0.05, 0.1) is 0 Å². The molecule has 0 bridgehead atoms.